The lowest BCUT2D eigenvalue weighted by Gasteiger charge is -2.34. The highest BCUT2D eigenvalue weighted by Gasteiger charge is 2.19. The molecule has 7 nitrogen and oxygen atoms in total. The number of nitrogens with zero attached hydrogens (tertiary/aromatic N) is 3. The maximum atomic E-state index is 12.6. The number of likely N-dealkylation sites (N-methyl/N-ethyl adjacent to an activating group) is 1. The molecule has 0 aliphatic carbocycles. The van der Waals surface area contributed by atoms with Crippen molar-refractivity contribution in [2.45, 2.75) is 6.42 Å². The van der Waals surface area contributed by atoms with Gasteiger partial charge in [-0.1, -0.05) is 0 Å². The lowest BCUT2D eigenvalue weighted by molar-refractivity contribution is -0.115. The molecule has 0 bridgehead atoms. The van der Waals surface area contributed by atoms with Gasteiger partial charge in [-0.05, 0) is 49.5 Å². The van der Waals surface area contributed by atoms with Gasteiger partial charge in [0, 0.05) is 49.8 Å². The van der Waals surface area contributed by atoms with Gasteiger partial charge < -0.3 is 24.3 Å². The molecule has 0 unspecified atom stereocenters. The molecule has 3 heterocycles. The number of methoxy groups -OCH3 is 1. The second-order valence-electron chi connectivity index (χ2n) is 7.40. The lowest BCUT2D eigenvalue weighted by Crippen LogP contribution is -2.44. The second kappa shape index (κ2) is 9.00. The van der Waals surface area contributed by atoms with Gasteiger partial charge in [-0.25, -0.2) is 0 Å². The Morgan fingerprint density at radius 1 is 1.10 bits per heavy atom. The van der Waals surface area contributed by atoms with Gasteiger partial charge in [0.05, 0.1) is 19.2 Å². The Bertz CT molecular complexity index is 995. The number of carbonyl (C=O) groups excluding carboxylic acids is 1. The van der Waals surface area contributed by atoms with Crippen LogP contribution in [0.5, 0.6) is 5.75 Å². The van der Waals surface area contributed by atoms with E-state index in [-0.39, 0.29) is 12.3 Å². The van der Waals surface area contributed by atoms with Crippen LogP contribution in [0.3, 0.4) is 0 Å². The minimum atomic E-state index is -0.125. The van der Waals surface area contributed by atoms with E-state index in [1.807, 2.05) is 42.5 Å². The van der Waals surface area contributed by atoms with Gasteiger partial charge in [0.1, 0.15) is 17.3 Å². The predicted octanol–water partition coefficient (Wildman–Crippen LogP) is 3.28. The van der Waals surface area contributed by atoms with Crippen molar-refractivity contribution >= 4 is 17.3 Å². The maximum absolute atomic E-state index is 12.6. The van der Waals surface area contributed by atoms with Gasteiger partial charge in [0.15, 0.2) is 0 Å². The number of aromatic nitrogens is 1. The number of nitrogens with one attached hydrogen (secondary N) is 1. The normalized spacial score (nSPS) is 14.5. The Hall–Kier alpha value is -3.32. The third-order valence-electron chi connectivity index (χ3n) is 5.27. The van der Waals surface area contributed by atoms with Crippen LogP contribution in [0.15, 0.2) is 59.3 Å². The van der Waals surface area contributed by atoms with Crippen LogP contribution >= 0.6 is 0 Å². The number of hydrogen-bond acceptors (Lipinski definition) is 6. The molecule has 0 spiro atoms. The van der Waals surface area contributed by atoms with Crippen molar-refractivity contribution in [3.05, 3.63) is 60.6 Å². The third kappa shape index (κ3) is 4.63. The first-order valence-corrected chi connectivity index (χ1v) is 10.0. The number of pyridine rings is 1. The quantitative estimate of drug-likeness (QED) is 0.677. The minimum absolute atomic E-state index is 0.125. The van der Waals surface area contributed by atoms with E-state index >= 15 is 0 Å². The largest absolute Gasteiger partial charge is 0.495 e. The van der Waals surface area contributed by atoms with E-state index in [2.05, 4.69) is 27.1 Å². The molecule has 1 aliphatic rings. The summed E-state index contributed by atoms with van der Waals surface area (Å²) in [6.07, 6.45) is 3.60. The average Bonchev–Trinajstić information content (AvgIpc) is 3.23. The Balaban J connectivity index is 1.43. The van der Waals surface area contributed by atoms with E-state index in [1.54, 1.807) is 19.5 Å². The molecule has 1 saturated heterocycles. The van der Waals surface area contributed by atoms with E-state index < -0.39 is 0 Å². The highest BCUT2D eigenvalue weighted by Crippen LogP contribution is 2.32. The van der Waals surface area contributed by atoms with Crippen LogP contribution in [0.25, 0.3) is 11.3 Å². The minimum Gasteiger partial charge on any atom is -0.495 e. The van der Waals surface area contributed by atoms with Gasteiger partial charge in [0.2, 0.25) is 5.91 Å². The molecule has 0 saturated carbocycles. The van der Waals surface area contributed by atoms with Gasteiger partial charge in [0.25, 0.3) is 0 Å². The molecule has 2 aromatic heterocycles. The fourth-order valence-electron chi connectivity index (χ4n) is 3.57. The van der Waals surface area contributed by atoms with Crippen LogP contribution in [0, 0.1) is 0 Å². The molecule has 1 aliphatic heterocycles. The van der Waals surface area contributed by atoms with Crippen molar-refractivity contribution in [3.8, 4) is 17.1 Å². The number of anilines is 2. The van der Waals surface area contributed by atoms with Crippen molar-refractivity contribution in [2.75, 3.05) is 50.6 Å². The smallest absolute Gasteiger partial charge is 0.231 e. The highest BCUT2D eigenvalue weighted by molar-refractivity contribution is 5.92. The second-order valence-corrected chi connectivity index (χ2v) is 7.40. The number of hydrogen-bond donors (Lipinski definition) is 1. The summed E-state index contributed by atoms with van der Waals surface area (Å²) in [6.45, 7) is 3.85. The molecule has 0 radical (unpaired) electrons. The summed E-state index contributed by atoms with van der Waals surface area (Å²) >= 11 is 0. The molecule has 1 amide bonds. The summed E-state index contributed by atoms with van der Waals surface area (Å²) < 4.78 is 11.4. The zero-order chi connectivity index (χ0) is 20.9. The number of rotatable bonds is 6. The zero-order valence-electron chi connectivity index (χ0n) is 17.3. The fourth-order valence-corrected chi connectivity index (χ4v) is 3.57. The van der Waals surface area contributed by atoms with Crippen LogP contribution in [0.4, 0.5) is 11.4 Å². The summed E-state index contributed by atoms with van der Waals surface area (Å²) in [7, 11) is 3.80. The van der Waals surface area contributed by atoms with E-state index in [1.165, 1.54) is 0 Å². The van der Waals surface area contributed by atoms with E-state index in [4.69, 9.17) is 9.15 Å². The number of furan rings is 1. The molecular formula is C23H26N4O3. The standard InChI is InChI=1S/C23H26N4O3/c1-26-11-13-27(14-12-26)20-15-18(3-5-22(20)29-2)25-23(28)16-19-4-6-21(30-19)17-7-9-24-10-8-17/h3-10,15H,11-14,16H2,1-2H3,(H,25,28). The number of piperazine rings is 1. The molecular weight excluding hydrogens is 380 g/mol. The molecule has 3 aromatic rings. The molecule has 1 N–H and O–H groups in total. The summed E-state index contributed by atoms with van der Waals surface area (Å²) in [4.78, 5) is 21.2. The van der Waals surface area contributed by atoms with Crippen LogP contribution in [-0.2, 0) is 11.2 Å². The van der Waals surface area contributed by atoms with E-state index in [9.17, 15) is 4.79 Å². The zero-order valence-corrected chi connectivity index (χ0v) is 17.3. The number of carbonyl (C=O) groups is 1. The molecule has 4 rings (SSSR count). The van der Waals surface area contributed by atoms with Crippen molar-refractivity contribution in [2.24, 2.45) is 0 Å². The van der Waals surface area contributed by atoms with Crippen LogP contribution in [0.2, 0.25) is 0 Å². The highest BCUT2D eigenvalue weighted by atomic mass is 16.5. The van der Waals surface area contributed by atoms with Gasteiger partial charge in [-0.15, -0.1) is 0 Å². The van der Waals surface area contributed by atoms with Crippen LogP contribution in [0.1, 0.15) is 5.76 Å². The number of ether oxygens (including phenoxy) is 1. The van der Waals surface area contributed by atoms with E-state index in [0.29, 0.717) is 5.76 Å². The van der Waals surface area contributed by atoms with Gasteiger partial charge >= 0.3 is 0 Å². The Kier molecular flexibility index (Phi) is 5.99. The third-order valence-corrected chi connectivity index (χ3v) is 5.27. The Morgan fingerprint density at radius 3 is 2.60 bits per heavy atom. The SMILES string of the molecule is COc1ccc(NC(=O)Cc2ccc(-c3ccncc3)o2)cc1N1CCN(C)CC1. The molecule has 1 fully saturated rings. The van der Waals surface area contributed by atoms with Gasteiger partial charge in [-0.2, -0.15) is 0 Å². The summed E-state index contributed by atoms with van der Waals surface area (Å²) in [5.74, 6) is 2.03. The fraction of sp³-hybridized carbons (Fsp3) is 0.304. The van der Waals surface area contributed by atoms with E-state index in [0.717, 1.165) is 54.6 Å². The summed E-state index contributed by atoms with van der Waals surface area (Å²) in [5, 5.41) is 2.98. The van der Waals surface area contributed by atoms with Gasteiger partial charge in [-0.3, -0.25) is 9.78 Å². The van der Waals surface area contributed by atoms with Crippen molar-refractivity contribution in [1.29, 1.82) is 0 Å². The topological polar surface area (TPSA) is 70.8 Å². The average molecular weight is 406 g/mol. The number of amides is 1. The van der Waals surface area contributed by atoms with Crippen molar-refractivity contribution in [3.63, 3.8) is 0 Å². The summed E-state index contributed by atoms with van der Waals surface area (Å²) in [5.41, 5.74) is 2.68. The first kappa shape index (κ1) is 20.0. The maximum Gasteiger partial charge on any atom is 0.231 e. The van der Waals surface area contributed by atoms with Crippen LogP contribution in [-0.4, -0.2) is 56.1 Å². The predicted molar refractivity (Wildman–Crippen MR) is 117 cm³/mol. The van der Waals surface area contributed by atoms with Crippen molar-refractivity contribution in [1.82, 2.24) is 9.88 Å². The summed E-state index contributed by atoms with van der Waals surface area (Å²) in [6, 6.07) is 13.2. The van der Waals surface area contributed by atoms with Crippen molar-refractivity contribution < 1.29 is 13.9 Å². The lowest BCUT2D eigenvalue weighted by atomic mass is 10.2. The van der Waals surface area contributed by atoms with Crippen LogP contribution < -0.4 is 15.0 Å². The molecule has 1 aromatic carbocycles. The molecule has 156 valence electrons. The molecule has 7 heteroatoms. The Morgan fingerprint density at radius 2 is 1.87 bits per heavy atom. The molecule has 0 atom stereocenters. The number of benzene rings is 1. The monoisotopic (exact) mass is 406 g/mol. The first-order valence-electron chi connectivity index (χ1n) is 10.0. The molecule has 30 heavy (non-hydrogen) atoms. The first-order chi connectivity index (χ1) is 14.6. The Labute approximate surface area is 176 Å².